The quantitative estimate of drug-likeness (QED) is 0.593. The second-order valence-electron chi connectivity index (χ2n) is 11.5. The van der Waals surface area contributed by atoms with E-state index in [0.717, 1.165) is 43.6 Å². The molecule has 0 saturated carbocycles. The number of piperidine rings is 1. The van der Waals surface area contributed by atoms with Crippen molar-refractivity contribution in [2.75, 3.05) is 32.9 Å². The monoisotopic (exact) mass is 423 g/mol. The van der Waals surface area contributed by atoms with Gasteiger partial charge in [0.1, 0.15) is 17.4 Å². The molecule has 3 saturated heterocycles. The van der Waals surface area contributed by atoms with Crippen LogP contribution in [0.5, 0.6) is 0 Å². The number of nitrogens with zero attached hydrogens (tertiary/aromatic N) is 1. The largest absolute Gasteiger partial charge is 0.458 e. The molecule has 1 aromatic carbocycles. The van der Waals surface area contributed by atoms with Gasteiger partial charge >= 0.3 is 0 Å². The van der Waals surface area contributed by atoms with Crippen molar-refractivity contribution < 1.29 is 13.9 Å². The zero-order valence-electron chi connectivity index (χ0n) is 19.4. The number of hydrogen-bond donors (Lipinski definition) is 0. The molecule has 4 heteroatoms. The topological polar surface area (TPSA) is 34.8 Å². The van der Waals surface area contributed by atoms with Gasteiger partial charge in [-0.1, -0.05) is 26.0 Å². The second kappa shape index (κ2) is 7.33. The number of benzene rings is 1. The second-order valence-corrected chi connectivity index (χ2v) is 11.5. The Morgan fingerprint density at radius 1 is 1.06 bits per heavy atom. The van der Waals surface area contributed by atoms with Gasteiger partial charge in [-0.15, -0.1) is 0 Å². The fourth-order valence-corrected chi connectivity index (χ4v) is 7.00. The first-order valence-electron chi connectivity index (χ1n) is 12.4. The van der Waals surface area contributed by atoms with Crippen LogP contribution in [0.3, 0.4) is 0 Å². The van der Waals surface area contributed by atoms with Gasteiger partial charge in [-0.2, -0.15) is 0 Å². The van der Waals surface area contributed by atoms with Crippen molar-refractivity contribution in [3.8, 4) is 0 Å². The summed E-state index contributed by atoms with van der Waals surface area (Å²) in [5, 5.41) is 1.29. The Balaban J connectivity index is 1.24. The van der Waals surface area contributed by atoms with E-state index in [1.165, 1.54) is 61.7 Å². The van der Waals surface area contributed by atoms with Gasteiger partial charge in [-0.3, -0.25) is 0 Å². The third kappa shape index (κ3) is 3.37. The summed E-state index contributed by atoms with van der Waals surface area (Å²) in [6.45, 7) is 12.3. The molecule has 3 aliphatic heterocycles. The Bertz CT molecular complexity index is 962. The lowest BCUT2D eigenvalue weighted by Gasteiger charge is -2.54. The Morgan fingerprint density at radius 2 is 1.84 bits per heavy atom. The lowest BCUT2D eigenvalue weighted by Crippen LogP contribution is -2.53. The van der Waals surface area contributed by atoms with Crippen LogP contribution in [0.15, 0.2) is 22.6 Å². The van der Waals surface area contributed by atoms with E-state index in [-0.39, 0.29) is 11.5 Å². The highest BCUT2D eigenvalue weighted by Gasteiger charge is 2.53. The molecule has 2 atom stereocenters. The Kier molecular flexibility index (Phi) is 4.79. The van der Waals surface area contributed by atoms with Crippen molar-refractivity contribution in [3.63, 3.8) is 0 Å². The summed E-state index contributed by atoms with van der Waals surface area (Å²) in [7, 11) is 0. The molecule has 4 aliphatic rings. The zero-order chi connectivity index (χ0) is 21.2. The fraction of sp³-hybridized carbons (Fsp3) is 0.704. The van der Waals surface area contributed by atoms with Gasteiger partial charge in [0.25, 0.3) is 0 Å². The number of ether oxygens (including phenoxy) is 2. The zero-order valence-corrected chi connectivity index (χ0v) is 19.4. The molecule has 0 radical (unpaired) electrons. The minimum absolute atomic E-state index is 0.116. The molecule has 31 heavy (non-hydrogen) atoms. The molecule has 1 aromatic heterocycles. The molecule has 1 aliphatic carbocycles. The van der Waals surface area contributed by atoms with Crippen LogP contribution in [0.1, 0.15) is 68.9 Å². The molecule has 4 heterocycles. The summed E-state index contributed by atoms with van der Waals surface area (Å²) in [6.07, 6.45) is 7.44. The molecule has 1 spiro atoms. The van der Waals surface area contributed by atoms with E-state index >= 15 is 0 Å². The first-order chi connectivity index (χ1) is 14.9. The Hall–Kier alpha value is -1.36. The SMILES string of the molecule is Cc1ccc2c3c(oc2c1)[C@H]1OCC2(CCN(C4CCOCC4)CC2)C[C@@H]1C(C)(C)C3. The third-order valence-electron chi connectivity index (χ3n) is 9.03. The normalized spacial score (nSPS) is 30.9. The van der Waals surface area contributed by atoms with Crippen molar-refractivity contribution in [2.24, 2.45) is 16.7 Å². The fourth-order valence-electron chi connectivity index (χ4n) is 7.00. The average molecular weight is 424 g/mol. The molecular weight excluding hydrogens is 386 g/mol. The first kappa shape index (κ1) is 20.3. The van der Waals surface area contributed by atoms with Crippen LogP contribution < -0.4 is 0 Å². The molecule has 3 fully saturated rings. The summed E-state index contributed by atoms with van der Waals surface area (Å²) >= 11 is 0. The van der Waals surface area contributed by atoms with E-state index in [0.29, 0.717) is 11.3 Å². The number of rotatable bonds is 1. The number of likely N-dealkylation sites (tertiary alicyclic amines) is 1. The minimum Gasteiger partial charge on any atom is -0.458 e. The van der Waals surface area contributed by atoms with Crippen molar-refractivity contribution >= 4 is 11.0 Å². The number of aryl methyl sites for hydroxylation is 1. The predicted molar refractivity (Wildman–Crippen MR) is 122 cm³/mol. The van der Waals surface area contributed by atoms with Crippen LogP contribution >= 0.6 is 0 Å². The lowest BCUT2D eigenvalue weighted by atomic mass is 9.58. The lowest BCUT2D eigenvalue weighted by molar-refractivity contribution is -0.162. The molecule has 0 N–H and O–H groups in total. The van der Waals surface area contributed by atoms with E-state index in [4.69, 9.17) is 13.9 Å². The van der Waals surface area contributed by atoms with Crippen LogP contribution in [0.2, 0.25) is 0 Å². The molecule has 168 valence electrons. The first-order valence-corrected chi connectivity index (χ1v) is 12.4. The van der Waals surface area contributed by atoms with Crippen molar-refractivity contribution in [1.29, 1.82) is 0 Å². The highest BCUT2D eigenvalue weighted by atomic mass is 16.5. The smallest absolute Gasteiger partial charge is 0.137 e. The minimum atomic E-state index is 0.116. The van der Waals surface area contributed by atoms with Crippen molar-refractivity contribution in [2.45, 2.75) is 71.4 Å². The summed E-state index contributed by atoms with van der Waals surface area (Å²) in [5.41, 5.74) is 4.26. The summed E-state index contributed by atoms with van der Waals surface area (Å²) < 4.78 is 18.8. The highest BCUT2D eigenvalue weighted by molar-refractivity contribution is 5.83. The van der Waals surface area contributed by atoms with E-state index in [1.54, 1.807) is 0 Å². The molecular formula is C27H37NO3. The molecule has 6 rings (SSSR count). The van der Waals surface area contributed by atoms with Gasteiger partial charge in [0, 0.05) is 30.2 Å². The van der Waals surface area contributed by atoms with Gasteiger partial charge in [0.05, 0.1) is 6.61 Å². The van der Waals surface area contributed by atoms with Crippen LogP contribution in [0.4, 0.5) is 0 Å². The van der Waals surface area contributed by atoms with Crippen molar-refractivity contribution in [1.82, 2.24) is 4.90 Å². The van der Waals surface area contributed by atoms with E-state index in [1.807, 2.05) is 0 Å². The van der Waals surface area contributed by atoms with Gasteiger partial charge < -0.3 is 18.8 Å². The highest BCUT2D eigenvalue weighted by Crippen LogP contribution is 2.58. The molecule has 2 aromatic rings. The third-order valence-corrected chi connectivity index (χ3v) is 9.03. The molecule has 0 unspecified atom stereocenters. The Labute approximate surface area is 186 Å². The van der Waals surface area contributed by atoms with E-state index < -0.39 is 0 Å². The van der Waals surface area contributed by atoms with Crippen molar-refractivity contribution in [3.05, 3.63) is 35.1 Å². The average Bonchev–Trinajstić information content (AvgIpc) is 3.12. The standard InChI is InChI=1S/C27H37NO3/c1-18-4-5-20-21-15-26(2,3)22-16-27(17-30-25(22)24(21)31-23(20)14-18)8-10-28(11-9-27)19-6-12-29-13-7-19/h4-5,14,19,22,25H,6-13,15-17H2,1-3H3/t22-,25-/m0/s1. The van der Waals surface area contributed by atoms with Gasteiger partial charge in [-0.25, -0.2) is 0 Å². The maximum absolute atomic E-state index is 6.75. The van der Waals surface area contributed by atoms with E-state index in [9.17, 15) is 0 Å². The van der Waals surface area contributed by atoms with Crippen LogP contribution in [0, 0.1) is 23.7 Å². The maximum Gasteiger partial charge on any atom is 0.137 e. The Morgan fingerprint density at radius 3 is 2.61 bits per heavy atom. The molecule has 0 amide bonds. The molecule has 4 nitrogen and oxygen atoms in total. The van der Waals surface area contributed by atoms with Crippen LogP contribution in [-0.2, 0) is 15.9 Å². The predicted octanol–water partition coefficient (Wildman–Crippen LogP) is 5.66. The number of fused-ring (bicyclic) bond motifs is 5. The maximum atomic E-state index is 6.75. The van der Waals surface area contributed by atoms with Crippen LogP contribution in [-0.4, -0.2) is 43.9 Å². The summed E-state index contributed by atoms with van der Waals surface area (Å²) in [5.74, 6) is 1.66. The number of furan rings is 1. The van der Waals surface area contributed by atoms with Crippen LogP contribution in [0.25, 0.3) is 11.0 Å². The van der Waals surface area contributed by atoms with Gasteiger partial charge in [0.15, 0.2) is 0 Å². The van der Waals surface area contributed by atoms with Gasteiger partial charge in [0.2, 0.25) is 0 Å². The molecule has 0 bridgehead atoms. The number of hydrogen-bond acceptors (Lipinski definition) is 4. The summed E-state index contributed by atoms with van der Waals surface area (Å²) in [6, 6.07) is 7.38. The summed E-state index contributed by atoms with van der Waals surface area (Å²) in [4.78, 5) is 2.74. The van der Waals surface area contributed by atoms with E-state index in [2.05, 4.69) is 43.9 Å². The van der Waals surface area contributed by atoms with Gasteiger partial charge in [-0.05, 0) is 86.9 Å².